The number of halogens is 1. The molecule has 0 atom stereocenters. The van der Waals surface area contributed by atoms with Gasteiger partial charge < -0.3 is 15.4 Å². The summed E-state index contributed by atoms with van der Waals surface area (Å²) in [5.41, 5.74) is 0.650. The smallest absolute Gasteiger partial charge is 0.239 e. The van der Waals surface area contributed by atoms with E-state index in [9.17, 15) is 9.59 Å². The number of anilines is 2. The van der Waals surface area contributed by atoms with Crippen LogP contribution in [-0.4, -0.2) is 41.8 Å². The van der Waals surface area contributed by atoms with Crippen molar-refractivity contribution in [2.45, 2.75) is 0 Å². The SMILES string of the molecule is CN(CC(=O)Nc1ccc(Oc2ccccc2)cc1)CC(=O)Nc1ccc(Br)cn1. The van der Waals surface area contributed by atoms with Gasteiger partial charge in [0.05, 0.1) is 13.1 Å². The molecule has 0 fully saturated rings. The van der Waals surface area contributed by atoms with E-state index in [4.69, 9.17) is 4.74 Å². The molecule has 30 heavy (non-hydrogen) atoms. The number of nitrogens with zero attached hydrogens (tertiary/aromatic N) is 2. The number of likely N-dealkylation sites (N-methyl/N-ethyl adjacent to an activating group) is 1. The summed E-state index contributed by atoms with van der Waals surface area (Å²) in [5.74, 6) is 1.41. The van der Waals surface area contributed by atoms with Crippen molar-refractivity contribution in [3.8, 4) is 11.5 Å². The monoisotopic (exact) mass is 468 g/mol. The first-order chi connectivity index (χ1) is 14.5. The predicted molar refractivity (Wildman–Crippen MR) is 120 cm³/mol. The van der Waals surface area contributed by atoms with Crippen molar-refractivity contribution in [3.63, 3.8) is 0 Å². The van der Waals surface area contributed by atoms with Gasteiger partial charge in [0, 0.05) is 16.4 Å². The minimum atomic E-state index is -0.248. The maximum atomic E-state index is 12.2. The number of carbonyl (C=O) groups is 2. The number of para-hydroxylation sites is 1. The van der Waals surface area contributed by atoms with Gasteiger partial charge in [0.15, 0.2) is 0 Å². The van der Waals surface area contributed by atoms with Crippen LogP contribution in [0.4, 0.5) is 11.5 Å². The summed E-state index contributed by atoms with van der Waals surface area (Å²) in [5, 5.41) is 5.50. The Kier molecular flexibility index (Phi) is 7.53. The zero-order valence-corrected chi connectivity index (χ0v) is 17.9. The lowest BCUT2D eigenvalue weighted by Crippen LogP contribution is -2.36. The van der Waals surface area contributed by atoms with Crippen LogP contribution in [0.2, 0.25) is 0 Å². The first-order valence-electron chi connectivity index (χ1n) is 9.21. The topological polar surface area (TPSA) is 83.6 Å². The lowest BCUT2D eigenvalue weighted by molar-refractivity contribution is -0.119. The number of hydrogen-bond acceptors (Lipinski definition) is 5. The van der Waals surface area contributed by atoms with Crippen molar-refractivity contribution < 1.29 is 14.3 Å². The summed E-state index contributed by atoms with van der Waals surface area (Å²) >= 11 is 3.29. The average molecular weight is 469 g/mol. The number of rotatable bonds is 8. The molecule has 0 saturated carbocycles. The highest BCUT2D eigenvalue weighted by atomic mass is 79.9. The van der Waals surface area contributed by atoms with E-state index in [2.05, 4.69) is 31.5 Å². The van der Waals surface area contributed by atoms with Gasteiger partial charge >= 0.3 is 0 Å². The summed E-state index contributed by atoms with van der Waals surface area (Å²) in [6.07, 6.45) is 1.60. The van der Waals surface area contributed by atoms with Crippen LogP contribution in [0.3, 0.4) is 0 Å². The van der Waals surface area contributed by atoms with Crippen LogP contribution >= 0.6 is 15.9 Å². The normalized spacial score (nSPS) is 10.5. The summed E-state index contributed by atoms with van der Waals surface area (Å²) in [4.78, 5) is 30.0. The van der Waals surface area contributed by atoms with Crippen molar-refractivity contribution in [1.82, 2.24) is 9.88 Å². The third-order valence-corrected chi connectivity index (χ3v) is 4.41. The molecule has 0 saturated heterocycles. The molecule has 154 valence electrons. The Bertz CT molecular complexity index is 980. The maximum Gasteiger partial charge on any atom is 0.239 e. The molecule has 2 aromatic carbocycles. The van der Waals surface area contributed by atoms with Gasteiger partial charge in [0.2, 0.25) is 11.8 Å². The number of ether oxygens (including phenoxy) is 1. The van der Waals surface area contributed by atoms with E-state index in [1.165, 1.54) is 0 Å². The summed E-state index contributed by atoms with van der Waals surface area (Å²) < 4.78 is 6.56. The molecule has 0 aliphatic heterocycles. The quantitative estimate of drug-likeness (QED) is 0.518. The van der Waals surface area contributed by atoms with E-state index >= 15 is 0 Å². The Morgan fingerprint density at radius 3 is 2.17 bits per heavy atom. The number of aromatic nitrogens is 1. The van der Waals surface area contributed by atoms with Crippen molar-refractivity contribution in [1.29, 1.82) is 0 Å². The predicted octanol–water partition coefficient (Wildman–Crippen LogP) is 4.15. The highest BCUT2D eigenvalue weighted by molar-refractivity contribution is 9.10. The maximum absolute atomic E-state index is 12.2. The second kappa shape index (κ2) is 10.5. The molecule has 1 heterocycles. The van der Waals surface area contributed by atoms with Crippen LogP contribution < -0.4 is 15.4 Å². The minimum Gasteiger partial charge on any atom is -0.457 e. The van der Waals surface area contributed by atoms with Gasteiger partial charge in [-0.15, -0.1) is 0 Å². The van der Waals surface area contributed by atoms with Gasteiger partial charge in [-0.05, 0) is 71.5 Å². The van der Waals surface area contributed by atoms with Crippen molar-refractivity contribution in [3.05, 3.63) is 77.4 Å². The fraction of sp³-hybridized carbons (Fsp3) is 0.136. The molecule has 3 rings (SSSR count). The van der Waals surface area contributed by atoms with E-state index in [0.29, 0.717) is 17.3 Å². The fourth-order valence-corrected chi connectivity index (χ4v) is 2.84. The molecule has 0 radical (unpaired) electrons. The Morgan fingerprint density at radius 1 is 0.900 bits per heavy atom. The van der Waals surface area contributed by atoms with Crippen molar-refractivity contribution >= 4 is 39.2 Å². The van der Waals surface area contributed by atoms with E-state index < -0.39 is 0 Å². The zero-order valence-electron chi connectivity index (χ0n) is 16.3. The van der Waals surface area contributed by atoms with Crippen molar-refractivity contribution in [2.75, 3.05) is 30.8 Å². The zero-order chi connectivity index (χ0) is 21.3. The van der Waals surface area contributed by atoms with Crippen LogP contribution in [0, 0.1) is 0 Å². The van der Waals surface area contributed by atoms with Gasteiger partial charge in [0.25, 0.3) is 0 Å². The molecular formula is C22H21BrN4O3. The molecule has 2 N–H and O–H groups in total. The molecule has 1 aromatic heterocycles. The molecule has 0 spiro atoms. The number of nitrogens with one attached hydrogen (secondary N) is 2. The number of carbonyl (C=O) groups excluding carboxylic acids is 2. The largest absolute Gasteiger partial charge is 0.457 e. The van der Waals surface area contributed by atoms with Crippen LogP contribution in [0.25, 0.3) is 0 Å². The third-order valence-electron chi connectivity index (χ3n) is 3.94. The second-order valence-corrected chi connectivity index (χ2v) is 7.49. The highest BCUT2D eigenvalue weighted by Crippen LogP contribution is 2.22. The lowest BCUT2D eigenvalue weighted by atomic mass is 10.3. The molecule has 8 heteroatoms. The Balaban J connectivity index is 1.44. The Morgan fingerprint density at radius 2 is 1.53 bits per heavy atom. The van der Waals surface area contributed by atoms with Gasteiger partial charge in [-0.2, -0.15) is 0 Å². The summed E-state index contributed by atoms with van der Waals surface area (Å²) in [6, 6.07) is 20.0. The Labute approximate surface area is 183 Å². The van der Waals surface area contributed by atoms with E-state index in [1.54, 1.807) is 54.5 Å². The van der Waals surface area contributed by atoms with Gasteiger partial charge in [0.1, 0.15) is 17.3 Å². The molecular weight excluding hydrogens is 448 g/mol. The molecule has 7 nitrogen and oxygen atoms in total. The Hall–Kier alpha value is -3.23. The summed E-state index contributed by atoms with van der Waals surface area (Å²) in [6.45, 7) is 0.137. The molecule has 0 unspecified atom stereocenters. The van der Waals surface area contributed by atoms with Crippen LogP contribution in [-0.2, 0) is 9.59 Å². The minimum absolute atomic E-state index is 0.0645. The number of pyridine rings is 1. The molecule has 2 amide bonds. The average Bonchev–Trinajstić information content (AvgIpc) is 2.71. The fourth-order valence-electron chi connectivity index (χ4n) is 2.61. The second-order valence-electron chi connectivity index (χ2n) is 6.57. The van der Waals surface area contributed by atoms with Crippen LogP contribution in [0.15, 0.2) is 77.4 Å². The first kappa shape index (κ1) is 21.5. The van der Waals surface area contributed by atoms with Gasteiger partial charge in [-0.1, -0.05) is 18.2 Å². The molecule has 0 aliphatic rings. The van der Waals surface area contributed by atoms with Crippen LogP contribution in [0.1, 0.15) is 0 Å². The molecule has 0 bridgehead atoms. The van der Waals surface area contributed by atoms with Gasteiger partial charge in [-0.3, -0.25) is 14.5 Å². The number of hydrogen-bond donors (Lipinski definition) is 2. The summed E-state index contributed by atoms with van der Waals surface area (Å²) in [7, 11) is 1.70. The standard InChI is InChI=1S/C22H21BrN4O3/c1-27(15-22(29)26-20-12-7-16(23)13-24-20)14-21(28)25-17-8-10-19(11-9-17)30-18-5-3-2-4-6-18/h2-13H,14-15H2,1H3,(H,25,28)(H,24,26,29). The molecule has 3 aromatic rings. The van der Waals surface area contributed by atoms with Gasteiger partial charge in [-0.25, -0.2) is 4.98 Å². The van der Waals surface area contributed by atoms with Crippen molar-refractivity contribution in [2.24, 2.45) is 0 Å². The third kappa shape index (κ3) is 6.98. The van der Waals surface area contributed by atoms with E-state index in [0.717, 1.165) is 10.2 Å². The van der Waals surface area contributed by atoms with E-state index in [-0.39, 0.29) is 24.9 Å². The van der Waals surface area contributed by atoms with E-state index in [1.807, 2.05) is 30.3 Å². The molecule has 0 aliphatic carbocycles. The number of amides is 2. The van der Waals surface area contributed by atoms with Crippen LogP contribution in [0.5, 0.6) is 11.5 Å². The lowest BCUT2D eigenvalue weighted by Gasteiger charge is -2.16. The first-order valence-corrected chi connectivity index (χ1v) is 10.00. The highest BCUT2D eigenvalue weighted by Gasteiger charge is 2.12. The number of benzene rings is 2.